The van der Waals surface area contributed by atoms with E-state index in [-0.39, 0.29) is 34.2 Å². The molecule has 1 aromatic carbocycles. The topological polar surface area (TPSA) is 113 Å². The number of nitrogens with zero attached hydrogens (tertiary/aromatic N) is 6. The van der Waals surface area contributed by atoms with E-state index in [1.165, 1.54) is 10.9 Å². The molecule has 0 fully saturated rings. The zero-order chi connectivity index (χ0) is 22.8. The van der Waals surface area contributed by atoms with E-state index in [1.807, 2.05) is 6.07 Å². The molecule has 0 bridgehead atoms. The highest BCUT2D eigenvalue weighted by Crippen LogP contribution is 2.30. The van der Waals surface area contributed by atoms with Gasteiger partial charge in [-0.25, -0.2) is 28.4 Å². The summed E-state index contributed by atoms with van der Waals surface area (Å²) in [5.41, 5.74) is 0.796. The first-order chi connectivity index (χ1) is 15.4. The Balaban J connectivity index is 1.80. The molecule has 8 nitrogen and oxygen atoms in total. The SMILES string of the molecule is Cc1nc(CCCO)cc(Nc2ncc(F)c3nn(-c4c(Cl)cc(F)cc4C#N)cc23)n1. The molecule has 0 unspecified atom stereocenters. The van der Waals surface area contributed by atoms with Gasteiger partial charge in [-0.05, 0) is 31.9 Å². The van der Waals surface area contributed by atoms with Gasteiger partial charge in [-0.2, -0.15) is 10.4 Å². The number of halogens is 3. The summed E-state index contributed by atoms with van der Waals surface area (Å²) >= 11 is 6.15. The van der Waals surface area contributed by atoms with Crippen molar-refractivity contribution in [3.8, 4) is 11.8 Å². The van der Waals surface area contributed by atoms with Crippen LogP contribution in [0.25, 0.3) is 16.6 Å². The van der Waals surface area contributed by atoms with Crippen LogP contribution in [0.2, 0.25) is 5.02 Å². The van der Waals surface area contributed by atoms with Gasteiger partial charge in [-0.1, -0.05) is 11.6 Å². The van der Waals surface area contributed by atoms with E-state index < -0.39 is 11.6 Å². The maximum atomic E-state index is 14.5. The summed E-state index contributed by atoms with van der Waals surface area (Å²) < 4.78 is 29.4. The molecule has 2 N–H and O–H groups in total. The summed E-state index contributed by atoms with van der Waals surface area (Å²) in [4.78, 5) is 12.8. The number of aliphatic hydroxyl groups is 1. The number of anilines is 2. The van der Waals surface area contributed by atoms with Crippen molar-refractivity contribution >= 4 is 34.1 Å². The van der Waals surface area contributed by atoms with Crippen LogP contribution in [-0.2, 0) is 6.42 Å². The lowest BCUT2D eigenvalue weighted by atomic mass is 10.2. The van der Waals surface area contributed by atoms with Crippen LogP contribution in [0.5, 0.6) is 0 Å². The second kappa shape index (κ2) is 8.82. The number of fused-ring (bicyclic) bond motifs is 1. The van der Waals surface area contributed by atoms with Gasteiger partial charge >= 0.3 is 0 Å². The third-order valence-electron chi connectivity index (χ3n) is 4.61. The van der Waals surface area contributed by atoms with Gasteiger partial charge in [0.05, 0.1) is 22.2 Å². The maximum Gasteiger partial charge on any atom is 0.169 e. The summed E-state index contributed by atoms with van der Waals surface area (Å²) in [5.74, 6) is -0.109. The van der Waals surface area contributed by atoms with Crippen molar-refractivity contribution in [2.45, 2.75) is 19.8 Å². The Morgan fingerprint density at radius 3 is 2.81 bits per heavy atom. The largest absolute Gasteiger partial charge is 0.396 e. The Hall–Kier alpha value is -3.68. The molecule has 3 heterocycles. The second-order valence-electron chi connectivity index (χ2n) is 6.93. The third-order valence-corrected chi connectivity index (χ3v) is 4.90. The van der Waals surface area contributed by atoms with Crippen LogP contribution in [-0.4, -0.2) is 36.4 Å². The fourth-order valence-corrected chi connectivity index (χ4v) is 3.57. The summed E-state index contributed by atoms with van der Waals surface area (Å²) in [6.07, 6.45) is 3.59. The van der Waals surface area contributed by atoms with Crippen molar-refractivity contribution in [3.05, 3.63) is 64.3 Å². The number of aryl methyl sites for hydroxylation is 2. The number of pyridine rings is 1. The minimum Gasteiger partial charge on any atom is -0.396 e. The number of rotatable bonds is 6. The van der Waals surface area contributed by atoms with Gasteiger partial charge in [-0.15, -0.1) is 0 Å². The first-order valence-electron chi connectivity index (χ1n) is 9.55. The van der Waals surface area contributed by atoms with E-state index >= 15 is 0 Å². The highest BCUT2D eigenvalue weighted by Gasteiger charge is 2.18. The van der Waals surface area contributed by atoms with Crippen LogP contribution in [0.3, 0.4) is 0 Å². The number of aliphatic hydroxyl groups excluding tert-OH is 1. The molecule has 32 heavy (non-hydrogen) atoms. The van der Waals surface area contributed by atoms with Crippen molar-refractivity contribution in [2.75, 3.05) is 11.9 Å². The van der Waals surface area contributed by atoms with E-state index in [4.69, 9.17) is 16.7 Å². The number of nitrogens with one attached hydrogen (secondary N) is 1. The fraction of sp³-hybridized carbons (Fsp3) is 0.190. The molecular formula is C21H16ClF2N7O. The lowest BCUT2D eigenvalue weighted by Gasteiger charge is -2.08. The zero-order valence-electron chi connectivity index (χ0n) is 16.8. The van der Waals surface area contributed by atoms with E-state index in [2.05, 4.69) is 25.4 Å². The molecule has 0 saturated carbocycles. The van der Waals surface area contributed by atoms with Crippen LogP contribution in [0, 0.1) is 29.9 Å². The van der Waals surface area contributed by atoms with E-state index in [0.717, 1.165) is 24.0 Å². The molecule has 0 aliphatic rings. The predicted molar refractivity (Wildman–Crippen MR) is 114 cm³/mol. The molecule has 3 aromatic heterocycles. The summed E-state index contributed by atoms with van der Waals surface area (Å²) in [7, 11) is 0. The molecule has 0 aliphatic heterocycles. The standard InChI is InChI=1S/C21H16ClF2N7O/c1-11-27-14(3-2-4-32)7-18(28-11)29-21-15-10-31(30-19(15)17(24)9-26-21)20-12(8-25)5-13(23)6-16(20)22/h5-7,9-10,32H,2-4H2,1H3,(H,26,27,28,29). The molecule has 0 saturated heterocycles. The van der Waals surface area contributed by atoms with Crippen molar-refractivity contribution in [3.63, 3.8) is 0 Å². The molecule has 4 aromatic rings. The number of hydrogen-bond donors (Lipinski definition) is 2. The smallest absolute Gasteiger partial charge is 0.169 e. The molecule has 162 valence electrons. The van der Waals surface area contributed by atoms with E-state index in [1.54, 1.807) is 13.0 Å². The summed E-state index contributed by atoms with van der Waals surface area (Å²) in [5, 5.41) is 25.9. The molecule has 0 atom stereocenters. The molecule has 4 rings (SSSR count). The van der Waals surface area contributed by atoms with Crippen molar-refractivity contribution in [1.29, 1.82) is 5.26 Å². The number of hydrogen-bond acceptors (Lipinski definition) is 7. The zero-order valence-corrected chi connectivity index (χ0v) is 17.5. The molecule has 0 spiro atoms. The Morgan fingerprint density at radius 1 is 1.25 bits per heavy atom. The predicted octanol–water partition coefficient (Wildman–Crippen LogP) is 3.99. The van der Waals surface area contributed by atoms with Gasteiger partial charge in [0, 0.05) is 24.6 Å². The number of benzene rings is 1. The van der Waals surface area contributed by atoms with E-state index in [0.29, 0.717) is 29.9 Å². The van der Waals surface area contributed by atoms with Gasteiger partial charge < -0.3 is 10.4 Å². The van der Waals surface area contributed by atoms with Crippen LogP contribution in [0.4, 0.5) is 20.4 Å². The lowest BCUT2D eigenvalue weighted by molar-refractivity contribution is 0.288. The lowest BCUT2D eigenvalue weighted by Crippen LogP contribution is -2.03. The normalized spacial score (nSPS) is 11.0. The number of nitriles is 1. The first kappa shape index (κ1) is 21.5. The average molecular weight is 456 g/mol. The molecule has 0 amide bonds. The van der Waals surface area contributed by atoms with Crippen molar-refractivity contribution < 1.29 is 13.9 Å². The average Bonchev–Trinajstić information content (AvgIpc) is 3.19. The van der Waals surface area contributed by atoms with Gasteiger partial charge in [-0.3, -0.25) is 0 Å². The quantitative estimate of drug-likeness (QED) is 0.452. The monoisotopic (exact) mass is 455 g/mol. The van der Waals surface area contributed by atoms with Crippen LogP contribution in [0.1, 0.15) is 23.5 Å². The minimum atomic E-state index is -0.677. The number of aromatic nitrogens is 5. The van der Waals surface area contributed by atoms with Gasteiger partial charge in [0.15, 0.2) is 5.82 Å². The Labute approximate surface area is 186 Å². The molecule has 0 aliphatic carbocycles. The van der Waals surface area contributed by atoms with Crippen molar-refractivity contribution in [2.24, 2.45) is 0 Å². The van der Waals surface area contributed by atoms with E-state index in [9.17, 15) is 14.0 Å². The van der Waals surface area contributed by atoms with Crippen molar-refractivity contribution in [1.82, 2.24) is 24.7 Å². The van der Waals surface area contributed by atoms with Gasteiger partial charge in [0.2, 0.25) is 0 Å². The Kier molecular flexibility index (Phi) is 5.94. The van der Waals surface area contributed by atoms with Crippen LogP contribution >= 0.6 is 11.6 Å². The second-order valence-corrected chi connectivity index (χ2v) is 7.34. The first-order valence-corrected chi connectivity index (χ1v) is 9.93. The van der Waals surface area contributed by atoms with Crippen LogP contribution in [0.15, 0.2) is 30.6 Å². The maximum absolute atomic E-state index is 14.5. The Bertz CT molecular complexity index is 1370. The van der Waals surface area contributed by atoms with Gasteiger partial charge in [0.25, 0.3) is 0 Å². The summed E-state index contributed by atoms with van der Waals surface area (Å²) in [6, 6.07) is 5.67. The fourth-order valence-electron chi connectivity index (χ4n) is 3.28. The summed E-state index contributed by atoms with van der Waals surface area (Å²) in [6.45, 7) is 1.78. The highest BCUT2D eigenvalue weighted by atomic mass is 35.5. The third kappa shape index (κ3) is 4.21. The van der Waals surface area contributed by atoms with Gasteiger partial charge in [0.1, 0.15) is 40.6 Å². The Morgan fingerprint density at radius 2 is 2.06 bits per heavy atom. The highest BCUT2D eigenvalue weighted by molar-refractivity contribution is 6.32. The molecular weight excluding hydrogens is 440 g/mol. The molecule has 0 radical (unpaired) electrons. The minimum absolute atomic E-state index is 0.0157. The van der Waals surface area contributed by atoms with Crippen LogP contribution < -0.4 is 5.32 Å². The molecule has 11 heteroatoms.